The molecule has 124 valence electrons. The molecule has 1 aliphatic rings. The summed E-state index contributed by atoms with van der Waals surface area (Å²) in [7, 11) is 0. The fourth-order valence-corrected chi connectivity index (χ4v) is 3.05. The molecule has 0 bridgehead atoms. The summed E-state index contributed by atoms with van der Waals surface area (Å²) < 4.78 is 25.6. The molecule has 1 fully saturated rings. The van der Waals surface area contributed by atoms with E-state index in [0.29, 0.717) is 36.7 Å². The largest absolute Gasteiger partial charge is 0.490 e. The van der Waals surface area contributed by atoms with Crippen molar-refractivity contribution in [2.24, 2.45) is 0 Å². The highest BCUT2D eigenvalue weighted by Gasteiger charge is 2.27. The highest BCUT2D eigenvalue weighted by Crippen LogP contribution is 2.37. The van der Waals surface area contributed by atoms with Crippen LogP contribution in [0.15, 0.2) is 12.1 Å². The highest BCUT2D eigenvalue weighted by atomic mass is 19.1. The first kappa shape index (κ1) is 17.0. The second kappa shape index (κ2) is 8.34. The van der Waals surface area contributed by atoms with Crippen molar-refractivity contribution in [3.63, 3.8) is 0 Å². The van der Waals surface area contributed by atoms with Gasteiger partial charge in [-0.2, -0.15) is 0 Å². The van der Waals surface area contributed by atoms with E-state index in [4.69, 9.17) is 9.47 Å². The third kappa shape index (κ3) is 3.90. The van der Waals surface area contributed by atoms with Gasteiger partial charge in [-0.25, -0.2) is 4.39 Å². The van der Waals surface area contributed by atoms with Crippen LogP contribution in [0.4, 0.5) is 4.39 Å². The van der Waals surface area contributed by atoms with Crippen LogP contribution in [0.1, 0.15) is 44.7 Å². The van der Waals surface area contributed by atoms with Crippen molar-refractivity contribution in [2.45, 2.75) is 39.2 Å². The fourth-order valence-electron chi connectivity index (χ4n) is 3.05. The maximum atomic E-state index is 14.6. The molecular formula is C17H26FNO3. The quantitative estimate of drug-likeness (QED) is 0.801. The molecule has 22 heavy (non-hydrogen) atoms. The number of halogens is 1. The molecular weight excluding hydrogens is 285 g/mol. The van der Waals surface area contributed by atoms with Crippen LogP contribution in [0.2, 0.25) is 0 Å². The van der Waals surface area contributed by atoms with Gasteiger partial charge in [-0.05, 0) is 52.3 Å². The molecule has 1 heterocycles. The lowest BCUT2D eigenvalue weighted by atomic mass is 10.0. The summed E-state index contributed by atoms with van der Waals surface area (Å²) in [4.78, 5) is 2.24. The molecule has 0 aromatic heterocycles. The molecule has 1 atom stereocenters. The summed E-state index contributed by atoms with van der Waals surface area (Å²) in [6, 6.07) is 3.04. The van der Waals surface area contributed by atoms with Crippen molar-refractivity contribution >= 4 is 0 Å². The molecule has 0 radical (unpaired) electrons. The predicted octanol–water partition coefficient (Wildman–Crippen LogP) is 3.14. The number of likely N-dealkylation sites (tertiary alicyclic amines) is 1. The molecule has 1 aromatic carbocycles. The van der Waals surface area contributed by atoms with E-state index in [-0.39, 0.29) is 18.5 Å². The smallest absolute Gasteiger partial charge is 0.164 e. The number of nitrogens with zero attached hydrogens (tertiary/aromatic N) is 1. The number of ether oxygens (including phenoxy) is 2. The van der Waals surface area contributed by atoms with Gasteiger partial charge in [-0.1, -0.05) is 0 Å². The third-order valence-electron chi connectivity index (χ3n) is 4.01. The normalized spacial score (nSPS) is 16.7. The second-order valence-corrected chi connectivity index (χ2v) is 5.46. The van der Waals surface area contributed by atoms with Crippen LogP contribution < -0.4 is 9.47 Å². The number of aliphatic hydroxyl groups is 1. The molecule has 5 heteroatoms. The summed E-state index contributed by atoms with van der Waals surface area (Å²) in [5.74, 6) is 0.718. The molecule has 2 rings (SSSR count). The molecule has 0 amide bonds. The molecule has 0 aliphatic carbocycles. The van der Waals surface area contributed by atoms with Crippen LogP contribution in [-0.4, -0.2) is 42.9 Å². The van der Waals surface area contributed by atoms with E-state index in [9.17, 15) is 9.50 Å². The number of hydrogen-bond acceptors (Lipinski definition) is 4. The molecule has 1 unspecified atom stereocenters. The monoisotopic (exact) mass is 311 g/mol. The van der Waals surface area contributed by atoms with Crippen LogP contribution in [0.25, 0.3) is 0 Å². The van der Waals surface area contributed by atoms with Crippen LogP contribution in [-0.2, 0) is 0 Å². The van der Waals surface area contributed by atoms with Crippen LogP contribution in [0.5, 0.6) is 11.5 Å². The zero-order valence-electron chi connectivity index (χ0n) is 13.5. The maximum Gasteiger partial charge on any atom is 0.164 e. The van der Waals surface area contributed by atoms with E-state index in [1.807, 2.05) is 13.8 Å². The third-order valence-corrected chi connectivity index (χ3v) is 4.01. The average Bonchev–Trinajstić information content (AvgIpc) is 3.02. The van der Waals surface area contributed by atoms with Gasteiger partial charge in [0.2, 0.25) is 0 Å². The summed E-state index contributed by atoms with van der Waals surface area (Å²) in [6.45, 7) is 6.65. The first-order valence-electron chi connectivity index (χ1n) is 8.15. The lowest BCUT2D eigenvalue weighted by Crippen LogP contribution is -2.27. The summed E-state index contributed by atoms with van der Waals surface area (Å²) in [5.41, 5.74) is 0.586. The zero-order chi connectivity index (χ0) is 15.9. The first-order valence-corrected chi connectivity index (χ1v) is 8.15. The minimum atomic E-state index is -0.294. The molecule has 1 aromatic rings. The van der Waals surface area contributed by atoms with Crippen molar-refractivity contribution < 1.29 is 19.0 Å². The van der Waals surface area contributed by atoms with Crippen LogP contribution >= 0.6 is 0 Å². The van der Waals surface area contributed by atoms with Gasteiger partial charge in [0.1, 0.15) is 5.82 Å². The van der Waals surface area contributed by atoms with Gasteiger partial charge >= 0.3 is 0 Å². The van der Waals surface area contributed by atoms with Crippen molar-refractivity contribution in [1.29, 1.82) is 0 Å². The molecule has 0 saturated carbocycles. The van der Waals surface area contributed by atoms with E-state index in [1.165, 1.54) is 6.07 Å². The van der Waals surface area contributed by atoms with Gasteiger partial charge in [-0.3, -0.25) is 4.90 Å². The molecule has 1 N–H and O–H groups in total. The van der Waals surface area contributed by atoms with Crippen molar-refractivity contribution in [2.75, 3.05) is 32.9 Å². The number of benzene rings is 1. The Balaban J connectivity index is 2.35. The van der Waals surface area contributed by atoms with Gasteiger partial charge < -0.3 is 14.6 Å². The van der Waals surface area contributed by atoms with Crippen molar-refractivity contribution in [3.05, 3.63) is 23.5 Å². The van der Waals surface area contributed by atoms with Gasteiger partial charge in [0.15, 0.2) is 11.5 Å². The lowest BCUT2D eigenvalue weighted by Gasteiger charge is -2.28. The van der Waals surface area contributed by atoms with Gasteiger partial charge in [0, 0.05) is 24.3 Å². The van der Waals surface area contributed by atoms with Gasteiger partial charge in [0.05, 0.1) is 13.2 Å². The van der Waals surface area contributed by atoms with E-state index < -0.39 is 0 Å². The number of rotatable bonds is 8. The summed E-state index contributed by atoms with van der Waals surface area (Å²) >= 11 is 0. The SMILES string of the molecule is CCOc1cc(F)c(C(CCO)N2CCCC2)cc1OCC. The predicted molar refractivity (Wildman–Crippen MR) is 84.0 cm³/mol. The average molecular weight is 311 g/mol. The molecule has 0 spiro atoms. The summed E-state index contributed by atoms with van der Waals surface area (Å²) in [5, 5.41) is 9.36. The Morgan fingerprint density at radius 2 is 1.73 bits per heavy atom. The highest BCUT2D eigenvalue weighted by molar-refractivity contribution is 5.45. The topological polar surface area (TPSA) is 41.9 Å². The lowest BCUT2D eigenvalue weighted by molar-refractivity contribution is 0.181. The zero-order valence-corrected chi connectivity index (χ0v) is 13.5. The Morgan fingerprint density at radius 3 is 2.27 bits per heavy atom. The van der Waals surface area contributed by atoms with Crippen LogP contribution in [0, 0.1) is 5.82 Å². The Labute approximate surface area is 131 Å². The van der Waals surface area contributed by atoms with E-state index >= 15 is 0 Å². The summed E-state index contributed by atoms with van der Waals surface area (Å²) in [6.07, 6.45) is 2.77. The Kier molecular flexibility index (Phi) is 6.46. The Bertz CT molecular complexity index is 475. The molecule has 1 aliphatic heterocycles. The van der Waals surface area contributed by atoms with Gasteiger partial charge in [0.25, 0.3) is 0 Å². The Hall–Kier alpha value is -1.33. The van der Waals surface area contributed by atoms with Crippen molar-refractivity contribution in [1.82, 2.24) is 4.90 Å². The second-order valence-electron chi connectivity index (χ2n) is 5.46. The molecule has 4 nitrogen and oxygen atoms in total. The standard InChI is InChI=1S/C17H26FNO3/c1-3-21-16-11-13(14(18)12-17(16)22-4-2)15(7-10-20)19-8-5-6-9-19/h11-12,15,20H,3-10H2,1-2H3. The van der Waals surface area contributed by atoms with Gasteiger partial charge in [-0.15, -0.1) is 0 Å². The molecule has 1 saturated heterocycles. The maximum absolute atomic E-state index is 14.6. The Morgan fingerprint density at radius 1 is 1.14 bits per heavy atom. The van der Waals surface area contributed by atoms with Crippen LogP contribution in [0.3, 0.4) is 0 Å². The minimum Gasteiger partial charge on any atom is -0.490 e. The van der Waals surface area contributed by atoms with E-state index in [2.05, 4.69) is 4.90 Å². The number of hydrogen-bond donors (Lipinski definition) is 1. The fraction of sp³-hybridized carbons (Fsp3) is 0.647. The minimum absolute atomic E-state index is 0.0395. The number of aliphatic hydroxyl groups excluding tert-OH is 1. The van der Waals surface area contributed by atoms with E-state index in [0.717, 1.165) is 25.9 Å². The van der Waals surface area contributed by atoms with Crippen molar-refractivity contribution in [3.8, 4) is 11.5 Å². The first-order chi connectivity index (χ1) is 10.7. The van der Waals surface area contributed by atoms with E-state index in [1.54, 1.807) is 6.07 Å².